The lowest BCUT2D eigenvalue weighted by Crippen LogP contribution is -2.48. The maximum Gasteiger partial charge on any atom is 0.161 e. The summed E-state index contributed by atoms with van der Waals surface area (Å²) in [6, 6.07) is 7.79. The zero-order chi connectivity index (χ0) is 12.5. The number of morpholine rings is 1. The second-order valence-corrected chi connectivity index (χ2v) is 5.10. The molecule has 0 unspecified atom stereocenters. The van der Waals surface area contributed by atoms with E-state index in [1.165, 1.54) is 0 Å². The first kappa shape index (κ1) is 12.1. The molecular weight excluding hydrogens is 214 g/mol. The van der Waals surface area contributed by atoms with Crippen molar-refractivity contribution in [2.45, 2.75) is 26.4 Å². The fraction of sp³-hybridized carbons (Fsp3) is 0.500. The van der Waals surface area contributed by atoms with Gasteiger partial charge in [0.25, 0.3) is 0 Å². The van der Waals surface area contributed by atoms with E-state index in [1.807, 2.05) is 24.3 Å². The molecule has 1 saturated heterocycles. The van der Waals surface area contributed by atoms with Crippen molar-refractivity contribution in [3.63, 3.8) is 0 Å². The second kappa shape index (κ2) is 4.49. The minimum absolute atomic E-state index is 0.116. The molecule has 0 amide bonds. The van der Waals surface area contributed by atoms with Crippen LogP contribution in [0, 0.1) is 0 Å². The number of carbonyl (C=O) groups is 1. The third kappa shape index (κ3) is 2.67. The van der Waals surface area contributed by atoms with Gasteiger partial charge >= 0.3 is 0 Å². The van der Waals surface area contributed by atoms with E-state index in [9.17, 15) is 4.79 Å². The molecule has 3 heteroatoms. The van der Waals surface area contributed by atoms with Crippen LogP contribution in [0.5, 0.6) is 0 Å². The Morgan fingerprint density at radius 1 is 1.35 bits per heavy atom. The van der Waals surface area contributed by atoms with Gasteiger partial charge < -0.3 is 9.64 Å². The Morgan fingerprint density at radius 3 is 2.71 bits per heavy atom. The monoisotopic (exact) mass is 233 g/mol. The highest BCUT2D eigenvalue weighted by molar-refractivity contribution is 5.99. The van der Waals surface area contributed by atoms with Crippen LogP contribution in [0.2, 0.25) is 0 Å². The largest absolute Gasteiger partial charge is 0.372 e. The summed E-state index contributed by atoms with van der Waals surface area (Å²) in [4.78, 5) is 13.8. The van der Waals surface area contributed by atoms with Crippen LogP contribution in [-0.2, 0) is 4.74 Å². The van der Waals surface area contributed by atoms with Crippen molar-refractivity contribution in [3.8, 4) is 0 Å². The zero-order valence-electron chi connectivity index (χ0n) is 10.7. The van der Waals surface area contributed by atoms with Gasteiger partial charge in [-0.2, -0.15) is 0 Å². The number of benzene rings is 1. The van der Waals surface area contributed by atoms with Gasteiger partial charge in [-0.25, -0.2) is 0 Å². The predicted octanol–water partition coefficient (Wildman–Crippen LogP) is 2.50. The number of anilines is 1. The van der Waals surface area contributed by atoms with E-state index >= 15 is 0 Å². The molecule has 0 aromatic heterocycles. The lowest BCUT2D eigenvalue weighted by atomic mass is 10.0. The standard InChI is InChI=1S/C14H19NO2/c1-11(16)12-6-4-5-7-13(12)15-8-9-17-14(2,3)10-15/h4-7H,8-10H2,1-3H3. The van der Waals surface area contributed by atoms with Gasteiger partial charge in [-0.3, -0.25) is 4.79 Å². The summed E-state index contributed by atoms with van der Waals surface area (Å²) in [6.07, 6.45) is 0. The van der Waals surface area contributed by atoms with Gasteiger partial charge in [0, 0.05) is 24.3 Å². The minimum Gasteiger partial charge on any atom is -0.372 e. The highest BCUT2D eigenvalue weighted by atomic mass is 16.5. The molecule has 92 valence electrons. The third-order valence-corrected chi connectivity index (χ3v) is 3.05. The fourth-order valence-corrected chi connectivity index (χ4v) is 2.27. The van der Waals surface area contributed by atoms with Gasteiger partial charge in [0.2, 0.25) is 0 Å². The molecule has 2 rings (SSSR count). The summed E-state index contributed by atoms with van der Waals surface area (Å²) in [5.41, 5.74) is 1.67. The van der Waals surface area contributed by atoms with E-state index in [0.29, 0.717) is 6.61 Å². The summed E-state index contributed by atoms with van der Waals surface area (Å²) in [5, 5.41) is 0. The topological polar surface area (TPSA) is 29.5 Å². The molecule has 1 heterocycles. The zero-order valence-corrected chi connectivity index (χ0v) is 10.7. The number of ether oxygens (including phenoxy) is 1. The number of hydrogen-bond donors (Lipinski definition) is 0. The first-order chi connectivity index (χ1) is 7.99. The van der Waals surface area contributed by atoms with Crippen LogP contribution >= 0.6 is 0 Å². The Bertz CT molecular complexity index is 426. The predicted molar refractivity (Wildman–Crippen MR) is 68.7 cm³/mol. The molecule has 0 saturated carbocycles. The number of ketones is 1. The molecule has 0 bridgehead atoms. The van der Waals surface area contributed by atoms with Gasteiger partial charge in [-0.15, -0.1) is 0 Å². The second-order valence-electron chi connectivity index (χ2n) is 5.10. The van der Waals surface area contributed by atoms with Crippen LogP contribution in [-0.4, -0.2) is 31.1 Å². The average molecular weight is 233 g/mol. The number of hydrogen-bond acceptors (Lipinski definition) is 3. The molecule has 1 aromatic carbocycles. The summed E-state index contributed by atoms with van der Waals surface area (Å²) >= 11 is 0. The molecule has 0 N–H and O–H groups in total. The molecule has 0 aliphatic carbocycles. The maximum absolute atomic E-state index is 11.6. The molecule has 1 aromatic rings. The smallest absolute Gasteiger partial charge is 0.161 e. The summed E-state index contributed by atoms with van der Waals surface area (Å²) in [6.45, 7) is 8.14. The highest BCUT2D eigenvalue weighted by Crippen LogP contribution is 2.26. The molecule has 1 aliphatic rings. The Kier molecular flexibility index (Phi) is 3.20. The van der Waals surface area contributed by atoms with Crippen LogP contribution in [0.1, 0.15) is 31.1 Å². The quantitative estimate of drug-likeness (QED) is 0.735. The molecule has 3 nitrogen and oxygen atoms in total. The summed E-state index contributed by atoms with van der Waals surface area (Å²) in [5.74, 6) is 0.116. The van der Waals surface area contributed by atoms with Crippen molar-refractivity contribution in [2.24, 2.45) is 0 Å². The van der Waals surface area contributed by atoms with Crippen LogP contribution < -0.4 is 4.90 Å². The molecular formula is C14H19NO2. The maximum atomic E-state index is 11.6. The van der Waals surface area contributed by atoms with Crippen LogP contribution in [0.3, 0.4) is 0 Å². The molecule has 0 radical (unpaired) electrons. The van der Waals surface area contributed by atoms with Crippen molar-refractivity contribution < 1.29 is 9.53 Å². The number of carbonyl (C=O) groups excluding carboxylic acids is 1. The van der Waals surface area contributed by atoms with Gasteiger partial charge in [0.15, 0.2) is 5.78 Å². The number of rotatable bonds is 2. The van der Waals surface area contributed by atoms with Crippen molar-refractivity contribution >= 4 is 11.5 Å². The van der Waals surface area contributed by atoms with E-state index in [4.69, 9.17) is 4.74 Å². The van der Waals surface area contributed by atoms with Gasteiger partial charge in [0.1, 0.15) is 0 Å². The highest BCUT2D eigenvalue weighted by Gasteiger charge is 2.28. The normalized spacial score (nSPS) is 19.1. The van der Waals surface area contributed by atoms with E-state index in [2.05, 4.69) is 18.7 Å². The molecule has 17 heavy (non-hydrogen) atoms. The average Bonchev–Trinajstić information content (AvgIpc) is 2.27. The minimum atomic E-state index is -0.151. The van der Waals surface area contributed by atoms with E-state index in [1.54, 1.807) is 6.92 Å². The first-order valence-corrected chi connectivity index (χ1v) is 5.98. The van der Waals surface area contributed by atoms with Gasteiger partial charge in [-0.1, -0.05) is 12.1 Å². The van der Waals surface area contributed by atoms with Crippen LogP contribution in [0.15, 0.2) is 24.3 Å². The third-order valence-electron chi connectivity index (χ3n) is 3.05. The van der Waals surface area contributed by atoms with Crippen molar-refractivity contribution in [2.75, 3.05) is 24.6 Å². The molecule has 0 spiro atoms. The Hall–Kier alpha value is -1.35. The van der Waals surface area contributed by atoms with E-state index in [0.717, 1.165) is 24.3 Å². The Morgan fingerprint density at radius 2 is 2.06 bits per heavy atom. The van der Waals surface area contributed by atoms with Crippen molar-refractivity contribution in [1.82, 2.24) is 0 Å². The Balaban J connectivity index is 2.30. The van der Waals surface area contributed by atoms with Crippen molar-refractivity contribution in [3.05, 3.63) is 29.8 Å². The van der Waals surface area contributed by atoms with Gasteiger partial charge in [0.05, 0.1) is 12.2 Å². The SMILES string of the molecule is CC(=O)c1ccccc1N1CCOC(C)(C)C1. The van der Waals surface area contributed by atoms with Gasteiger partial charge in [-0.05, 0) is 32.9 Å². The summed E-state index contributed by atoms with van der Waals surface area (Å²) in [7, 11) is 0. The summed E-state index contributed by atoms with van der Waals surface area (Å²) < 4.78 is 5.69. The number of para-hydroxylation sites is 1. The lowest BCUT2D eigenvalue weighted by molar-refractivity contribution is -0.0277. The number of Topliss-reactive ketones (excluding diaryl/α,β-unsaturated/α-hetero) is 1. The van der Waals surface area contributed by atoms with Crippen LogP contribution in [0.4, 0.5) is 5.69 Å². The lowest BCUT2D eigenvalue weighted by Gasteiger charge is -2.40. The fourth-order valence-electron chi connectivity index (χ4n) is 2.27. The first-order valence-electron chi connectivity index (χ1n) is 5.98. The van der Waals surface area contributed by atoms with Crippen molar-refractivity contribution in [1.29, 1.82) is 0 Å². The number of nitrogens with zero attached hydrogens (tertiary/aromatic N) is 1. The van der Waals surface area contributed by atoms with E-state index < -0.39 is 0 Å². The van der Waals surface area contributed by atoms with Crippen LogP contribution in [0.25, 0.3) is 0 Å². The molecule has 1 fully saturated rings. The molecule has 1 aliphatic heterocycles. The molecule has 0 atom stereocenters. The van der Waals surface area contributed by atoms with E-state index in [-0.39, 0.29) is 11.4 Å². The Labute approximate surface area is 102 Å².